The van der Waals surface area contributed by atoms with Gasteiger partial charge in [-0.15, -0.1) is 0 Å². The molecule has 0 aliphatic rings. The van der Waals surface area contributed by atoms with Gasteiger partial charge in [0, 0.05) is 18.8 Å². The molecular weight excluding hydrogens is 200 g/mol. The molecule has 1 N–H and O–H groups in total. The molecular formula is C13H22N2O. The Morgan fingerprint density at radius 3 is 2.06 bits per heavy atom. The van der Waals surface area contributed by atoms with Crippen molar-refractivity contribution in [2.75, 3.05) is 13.1 Å². The van der Waals surface area contributed by atoms with Crippen LogP contribution >= 0.6 is 0 Å². The Morgan fingerprint density at radius 2 is 1.69 bits per heavy atom. The van der Waals surface area contributed by atoms with Gasteiger partial charge in [0.25, 0.3) is 5.91 Å². The first kappa shape index (κ1) is 12.8. The Morgan fingerprint density at radius 1 is 1.12 bits per heavy atom. The van der Waals surface area contributed by atoms with E-state index in [0.29, 0.717) is 0 Å². The Balaban J connectivity index is 3.09. The van der Waals surface area contributed by atoms with Gasteiger partial charge in [-0.3, -0.25) is 4.79 Å². The number of hydrogen-bond donors (Lipinski definition) is 1. The molecule has 0 spiro atoms. The first-order valence-corrected chi connectivity index (χ1v) is 6.04. The summed E-state index contributed by atoms with van der Waals surface area (Å²) in [7, 11) is 0. The van der Waals surface area contributed by atoms with E-state index < -0.39 is 0 Å². The van der Waals surface area contributed by atoms with Crippen LogP contribution in [0.2, 0.25) is 0 Å². The van der Waals surface area contributed by atoms with Gasteiger partial charge >= 0.3 is 0 Å². The van der Waals surface area contributed by atoms with Crippen molar-refractivity contribution in [1.82, 2.24) is 9.88 Å². The van der Waals surface area contributed by atoms with E-state index >= 15 is 0 Å². The molecule has 1 heterocycles. The van der Waals surface area contributed by atoms with Crippen molar-refractivity contribution in [2.24, 2.45) is 0 Å². The molecule has 0 aromatic carbocycles. The number of carbonyl (C=O) groups is 1. The van der Waals surface area contributed by atoms with E-state index in [0.717, 1.165) is 30.8 Å². The lowest BCUT2D eigenvalue weighted by Crippen LogP contribution is -2.31. The Hall–Kier alpha value is -1.25. The summed E-state index contributed by atoms with van der Waals surface area (Å²) in [5.74, 6) is 0.116. The third kappa shape index (κ3) is 2.13. The van der Waals surface area contributed by atoms with E-state index in [9.17, 15) is 4.79 Å². The van der Waals surface area contributed by atoms with Crippen molar-refractivity contribution in [3.05, 3.63) is 22.5 Å². The van der Waals surface area contributed by atoms with Crippen molar-refractivity contribution in [3.63, 3.8) is 0 Å². The molecule has 0 unspecified atom stereocenters. The second kappa shape index (κ2) is 5.19. The minimum absolute atomic E-state index is 0.116. The number of nitrogens with zero attached hydrogens (tertiary/aromatic N) is 1. The summed E-state index contributed by atoms with van der Waals surface area (Å²) in [5.41, 5.74) is 4.25. The SMILES string of the molecule is CCc1[nH]c(C(=O)N(CC)CC)c(C)c1C. The summed E-state index contributed by atoms with van der Waals surface area (Å²) < 4.78 is 0. The first-order chi connectivity index (χ1) is 7.56. The molecule has 0 saturated carbocycles. The highest BCUT2D eigenvalue weighted by molar-refractivity contribution is 5.94. The number of amides is 1. The van der Waals surface area contributed by atoms with Gasteiger partial charge in [0.2, 0.25) is 0 Å². The van der Waals surface area contributed by atoms with Crippen molar-refractivity contribution in [1.29, 1.82) is 0 Å². The van der Waals surface area contributed by atoms with Crippen LogP contribution in [-0.2, 0) is 6.42 Å². The van der Waals surface area contributed by atoms with Gasteiger partial charge in [-0.05, 0) is 45.2 Å². The Kier molecular flexibility index (Phi) is 4.16. The van der Waals surface area contributed by atoms with Crippen LogP contribution in [-0.4, -0.2) is 28.9 Å². The van der Waals surface area contributed by atoms with Gasteiger partial charge in [-0.25, -0.2) is 0 Å². The maximum atomic E-state index is 12.2. The summed E-state index contributed by atoms with van der Waals surface area (Å²) >= 11 is 0. The molecule has 0 fully saturated rings. The highest BCUT2D eigenvalue weighted by Gasteiger charge is 2.19. The van der Waals surface area contributed by atoms with Gasteiger partial charge in [0.15, 0.2) is 0 Å². The molecule has 0 aliphatic heterocycles. The minimum Gasteiger partial charge on any atom is -0.354 e. The maximum absolute atomic E-state index is 12.2. The molecule has 1 amide bonds. The highest BCUT2D eigenvalue weighted by atomic mass is 16.2. The van der Waals surface area contributed by atoms with Crippen molar-refractivity contribution in [3.8, 4) is 0 Å². The molecule has 1 aromatic heterocycles. The number of hydrogen-bond acceptors (Lipinski definition) is 1. The normalized spacial score (nSPS) is 10.6. The maximum Gasteiger partial charge on any atom is 0.270 e. The largest absolute Gasteiger partial charge is 0.354 e. The van der Waals surface area contributed by atoms with E-state index in [2.05, 4.69) is 18.8 Å². The lowest BCUT2D eigenvalue weighted by molar-refractivity contribution is 0.0767. The van der Waals surface area contributed by atoms with Crippen LogP contribution in [0, 0.1) is 13.8 Å². The number of rotatable bonds is 4. The van der Waals surface area contributed by atoms with Gasteiger partial charge < -0.3 is 9.88 Å². The van der Waals surface area contributed by atoms with Gasteiger partial charge in [-0.1, -0.05) is 6.92 Å². The number of H-pyrrole nitrogens is 1. The minimum atomic E-state index is 0.116. The van der Waals surface area contributed by atoms with Crippen molar-refractivity contribution >= 4 is 5.91 Å². The van der Waals surface area contributed by atoms with Crippen LogP contribution in [0.1, 0.15) is 48.1 Å². The van der Waals surface area contributed by atoms with E-state index in [1.165, 1.54) is 11.3 Å². The Labute approximate surface area is 97.8 Å². The predicted molar refractivity (Wildman–Crippen MR) is 66.9 cm³/mol. The van der Waals surface area contributed by atoms with E-state index in [-0.39, 0.29) is 5.91 Å². The summed E-state index contributed by atoms with van der Waals surface area (Å²) in [5, 5.41) is 0. The van der Waals surface area contributed by atoms with E-state index in [1.807, 2.05) is 25.7 Å². The highest BCUT2D eigenvalue weighted by Crippen LogP contribution is 2.19. The number of aromatic nitrogens is 1. The fourth-order valence-electron chi connectivity index (χ4n) is 1.99. The molecule has 3 heteroatoms. The summed E-state index contributed by atoms with van der Waals surface area (Å²) in [6, 6.07) is 0. The topological polar surface area (TPSA) is 36.1 Å². The molecule has 3 nitrogen and oxygen atoms in total. The van der Waals surface area contributed by atoms with Crippen LogP contribution in [0.4, 0.5) is 0 Å². The predicted octanol–water partition coefficient (Wildman–Crippen LogP) is 2.68. The number of aryl methyl sites for hydroxylation is 1. The standard InChI is InChI=1S/C13H22N2O/c1-6-11-9(4)10(5)12(14-11)13(16)15(7-2)8-3/h14H,6-8H2,1-5H3. The average molecular weight is 222 g/mol. The number of carbonyl (C=O) groups excluding carboxylic acids is 1. The first-order valence-electron chi connectivity index (χ1n) is 6.04. The molecule has 16 heavy (non-hydrogen) atoms. The van der Waals surface area contributed by atoms with Gasteiger partial charge in [0.05, 0.1) is 0 Å². The van der Waals surface area contributed by atoms with Crippen molar-refractivity contribution in [2.45, 2.75) is 41.0 Å². The summed E-state index contributed by atoms with van der Waals surface area (Å²) in [4.78, 5) is 17.3. The zero-order valence-corrected chi connectivity index (χ0v) is 11.0. The van der Waals surface area contributed by atoms with E-state index in [4.69, 9.17) is 0 Å². The van der Waals surface area contributed by atoms with Gasteiger partial charge in [0.1, 0.15) is 5.69 Å². The zero-order chi connectivity index (χ0) is 12.3. The molecule has 0 atom stereocenters. The number of nitrogens with one attached hydrogen (secondary N) is 1. The quantitative estimate of drug-likeness (QED) is 0.835. The van der Waals surface area contributed by atoms with Crippen LogP contribution in [0.3, 0.4) is 0 Å². The summed E-state index contributed by atoms with van der Waals surface area (Å²) in [6.45, 7) is 11.7. The third-order valence-electron chi connectivity index (χ3n) is 3.28. The molecule has 1 aromatic rings. The van der Waals surface area contributed by atoms with Crippen LogP contribution in [0.5, 0.6) is 0 Å². The molecule has 0 bridgehead atoms. The van der Waals surface area contributed by atoms with Crippen LogP contribution in [0.25, 0.3) is 0 Å². The fourth-order valence-corrected chi connectivity index (χ4v) is 1.99. The second-order valence-corrected chi connectivity index (χ2v) is 4.06. The molecule has 1 rings (SSSR count). The lowest BCUT2D eigenvalue weighted by Gasteiger charge is -2.18. The fraction of sp³-hybridized carbons (Fsp3) is 0.615. The molecule has 0 aliphatic carbocycles. The average Bonchev–Trinajstić information content (AvgIpc) is 2.57. The molecule has 0 saturated heterocycles. The van der Waals surface area contributed by atoms with Crippen molar-refractivity contribution < 1.29 is 4.79 Å². The smallest absolute Gasteiger partial charge is 0.270 e. The monoisotopic (exact) mass is 222 g/mol. The van der Waals surface area contributed by atoms with Gasteiger partial charge in [-0.2, -0.15) is 0 Å². The third-order valence-corrected chi connectivity index (χ3v) is 3.28. The number of aromatic amines is 1. The molecule has 0 radical (unpaired) electrons. The molecule has 90 valence electrons. The van der Waals surface area contributed by atoms with Crippen LogP contribution < -0.4 is 0 Å². The summed E-state index contributed by atoms with van der Waals surface area (Å²) in [6.07, 6.45) is 0.943. The second-order valence-electron chi connectivity index (χ2n) is 4.06. The van der Waals surface area contributed by atoms with Crippen LogP contribution in [0.15, 0.2) is 0 Å². The van der Waals surface area contributed by atoms with E-state index in [1.54, 1.807) is 0 Å². The Bertz CT molecular complexity index is 376. The lowest BCUT2D eigenvalue weighted by atomic mass is 10.1. The zero-order valence-electron chi connectivity index (χ0n) is 11.0.